The number of aromatic nitrogens is 2. The molecule has 5 atom stereocenters. The van der Waals surface area contributed by atoms with Crippen LogP contribution in [0.15, 0.2) is 15.8 Å². The van der Waals surface area contributed by atoms with Gasteiger partial charge in [-0.3, -0.25) is 23.5 Å². The van der Waals surface area contributed by atoms with Crippen molar-refractivity contribution in [2.75, 3.05) is 12.5 Å². The van der Waals surface area contributed by atoms with E-state index >= 15 is 0 Å². The minimum atomic E-state index is -4.84. The van der Waals surface area contributed by atoms with Crippen LogP contribution < -0.4 is 11.2 Å². The topological polar surface area (TPSA) is 209 Å². The second-order valence-electron chi connectivity index (χ2n) is 5.64. The third-order valence-corrected chi connectivity index (χ3v) is 6.99. The number of terminal acetylenes is 1. The Balaban J connectivity index is 2.18. The third kappa shape index (κ3) is 5.24. The lowest BCUT2D eigenvalue weighted by Crippen LogP contribution is -2.38. The van der Waals surface area contributed by atoms with Crippen molar-refractivity contribution in [1.82, 2.24) is 9.55 Å². The number of aromatic amines is 1. The van der Waals surface area contributed by atoms with Crippen LogP contribution in [0.3, 0.4) is 0 Å². The van der Waals surface area contributed by atoms with Crippen molar-refractivity contribution in [1.29, 1.82) is 0 Å². The normalized spacial score (nSPS) is 27.9. The maximum absolute atomic E-state index is 11.9. The average Bonchev–Trinajstić information content (AvgIpc) is 2.79. The first-order valence-corrected chi connectivity index (χ1v) is 10.8. The molecule has 2 heterocycles. The second-order valence-corrected chi connectivity index (χ2v) is 9.63. The highest BCUT2D eigenvalue weighted by atomic mass is 31.2. The monoisotopic (exact) mass is 426 g/mol. The van der Waals surface area contributed by atoms with Crippen molar-refractivity contribution in [2.45, 2.75) is 24.5 Å². The van der Waals surface area contributed by atoms with Gasteiger partial charge in [0.2, 0.25) is 0 Å². The van der Waals surface area contributed by atoms with Crippen molar-refractivity contribution in [3.8, 4) is 12.3 Å². The first-order chi connectivity index (χ1) is 12.3. The van der Waals surface area contributed by atoms with E-state index in [4.69, 9.17) is 20.9 Å². The molecule has 15 heteroatoms. The van der Waals surface area contributed by atoms with Gasteiger partial charge in [0.25, 0.3) is 5.56 Å². The van der Waals surface area contributed by atoms with Crippen LogP contribution in [0, 0.1) is 12.3 Å². The van der Waals surface area contributed by atoms with E-state index in [1.54, 1.807) is 0 Å². The minimum absolute atomic E-state index is 0.249. The van der Waals surface area contributed by atoms with Gasteiger partial charge < -0.3 is 34.2 Å². The van der Waals surface area contributed by atoms with Crippen LogP contribution in [0.5, 0.6) is 0 Å². The molecule has 6 N–H and O–H groups in total. The van der Waals surface area contributed by atoms with E-state index in [1.165, 1.54) is 0 Å². The molecule has 0 spiro atoms. The summed E-state index contributed by atoms with van der Waals surface area (Å²) in [5.74, 6) is 0.574. The Hall–Kier alpha value is -1.58. The minimum Gasteiger partial charge on any atom is -0.387 e. The molecule has 1 aromatic heterocycles. The zero-order valence-electron chi connectivity index (χ0n) is 13.4. The molecule has 0 aliphatic carbocycles. The summed E-state index contributed by atoms with van der Waals surface area (Å²) in [4.78, 5) is 52.1. The van der Waals surface area contributed by atoms with Gasteiger partial charge in [-0.15, -0.1) is 6.42 Å². The van der Waals surface area contributed by atoms with Crippen LogP contribution in [0.2, 0.25) is 0 Å². The molecule has 13 nitrogen and oxygen atoms in total. The molecule has 1 unspecified atom stereocenters. The maximum Gasteiger partial charge on any atom is 0.340 e. The van der Waals surface area contributed by atoms with Crippen LogP contribution >= 0.6 is 15.2 Å². The quantitative estimate of drug-likeness (QED) is 0.206. The smallest absolute Gasteiger partial charge is 0.340 e. The fourth-order valence-corrected chi connectivity index (χ4v) is 4.91. The van der Waals surface area contributed by atoms with Crippen molar-refractivity contribution in [2.24, 2.45) is 0 Å². The second kappa shape index (κ2) is 7.81. The fourth-order valence-electron chi connectivity index (χ4n) is 2.34. The molecule has 1 aliphatic rings. The molecule has 1 saturated heterocycles. The number of nitrogens with one attached hydrogen (secondary N) is 1. The van der Waals surface area contributed by atoms with E-state index in [0.29, 0.717) is 0 Å². The average molecular weight is 426 g/mol. The van der Waals surface area contributed by atoms with Gasteiger partial charge in [-0.2, -0.15) is 0 Å². The Kier molecular flexibility index (Phi) is 6.28. The number of rotatable bonds is 6. The Morgan fingerprint density at radius 1 is 1.26 bits per heavy atom. The van der Waals surface area contributed by atoms with E-state index in [2.05, 4.69) is 4.52 Å². The standard InChI is InChI=1S/C12H16N2O11P2/c1-2-6-3-14(12(18)13-10(6)17)11-9(16)8(15)7(25-11)4-24-27(22,23)5-26(19,20)21/h1,3,7-9,11,15-16H,4-5H2,(H,22,23)(H,13,17,18)(H2,19,20,21)/t7-,8-,9-,11-/m1/s1. The Morgan fingerprint density at radius 3 is 2.44 bits per heavy atom. The third-order valence-electron chi connectivity index (χ3n) is 3.54. The van der Waals surface area contributed by atoms with Gasteiger partial charge in [-0.25, -0.2) is 4.79 Å². The highest BCUT2D eigenvalue weighted by Gasteiger charge is 2.45. The summed E-state index contributed by atoms with van der Waals surface area (Å²) < 4.78 is 32.9. The largest absolute Gasteiger partial charge is 0.387 e. The maximum atomic E-state index is 11.9. The fraction of sp³-hybridized carbons (Fsp3) is 0.500. The highest BCUT2D eigenvalue weighted by Crippen LogP contribution is 2.55. The number of aliphatic hydroxyl groups is 2. The van der Waals surface area contributed by atoms with Gasteiger partial charge in [0.1, 0.15) is 23.9 Å². The summed E-state index contributed by atoms with van der Waals surface area (Å²) in [6.45, 7) is -0.817. The summed E-state index contributed by atoms with van der Waals surface area (Å²) in [6.07, 6.45) is -0.265. The van der Waals surface area contributed by atoms with Gasteiger partial charge >= 0.3 is 20.9 Å². The number of nitrogens with zero attached hydrogens (tertiary/aromatic N) is 1. The Bertz CT molecular complexity index is 957. The van der Waals surface area contributed by atoms with Crippen LogP contribution in [0.25, 0.3) is 0 Å². The molecule has 27 heavy (non-hydrogen) atoms. The van der Waals surface area contributed by atoms with Crippen molar-refractivity contribution < 1.29 is 43.3 Å². The first-order valence-electron chi connectivity index (χ1n) is 7.19. The predicted octanol–water partition coefficient (Wildman–Crippen LogP) is -2.53. The summed E-state index contributed by atoms with van der Waals surface area (Å²) in [5, 5.41) is 20.0. The van der Waals surface area contributed by atoms with Gasteiger partial charge in [0, 0.05) is 6.20 Å². The molecule has 2 rings (SSSR count). The number of aliphatic hydroxyl groups excluding tert-OH is 2. The molecule has 1 aliphatic heterocycles. The zero-order valence-corrected chi connectivity index (χ0v) is 15.2. The number of ether oxygens (including phenoxy) is 1. The molecule has 0 amide bonds. The summed E-state index contributed by atoms with van der Waals surface area (Å²) in [6, 6.07) is 0. The molecular formula is C12H16N2O11P2. The van der Waals surface area contributed by atoms with Crippen molar-refractivity contribution in [3.63, 3.8) is 0 Å². The van der Waals surface area contributed by atoms with Gasteiger partial charge in [-0.05, 0) is 0 Å². The molecule has 0 bridgehead atoms. The van der Waals surface area contributed by atoms with Crippen LogP contribution in [0.4, 0.5) is 0 Å². The number of hydrogen-bond donors (Lipinski definition) is 6. The molecule has 150 valence electrons. The summed E-state index contributed by atoms with van der Waals surface area (Å²) >= 11 is 0. The Labute approximate surface area is 150 Å². The molecular weight excluding hydrogens is 410 g/mol. The SMILES string of the molecule is C#Cc1cn([C@@H]2O[C@H](COP(=O)(O)CP(=O)(O)O)[C@@H](O)[C@H]2O)c(=O)[nH]c1=O. The van der Waals surface area contributed by atoms with Crippen molar-refractivity contribution >= 4 is 15.2 Å². The number of hydrogen-bond acceptors (Lipinski definition) is 8. The van der Waals surface area contributed by atoms with Crippen LogP contribution in [-0.2, 0) is 18.4 Å². The van der Waals surface area contributed by atoms with Gasteiger partial charge in [0.15, 0.2) is 12.1 Å². The highest BCUT2D eigenvalue weighted by molar-refractivity contribution is 7.70. The molecule has 1 fully saturated rings. The van der Waals surface area contributed by atoms with E-state index < -0.39 is 63.5 Å². The van der Waals surface area contributed by atoms with Crippen LogP contribution in [-0.4, -0.2) is 65.3 Å². The van der Waals surface area contributed by atoms with E-state index in [-0.39, 0.29) is 5.56 Å². The van der Waals surface area contributed by atoms with Gasteiger partial charge in [0.05, 0.1) is 6.61 Å². The molecule has 1 aromatic rings. The van der Waals surface area contributed by atoms with Crippen molar-refractivity contribution in [3.05, 3.63) is 32.6 Å². The van der Waals surface area contributed by atoms with E-state index in [1.807, 2.05) is 10.9 Å². The predicted molar refractivity (Wildman–Crippen MR) is 87.9 cm³/mol. The molecule has 0 aromatic carbocycles. The lowest BCUT2D eigenvalue weighted by molar-refractivity contribution is -0.0524. The first kappa shape index (κ1) is 21.7. The molecule has 0 saturated carbocycles. The van der Waals surface area contributed by atoms with E-state index in [9.17, 15) is 33.8 Å². The van der Waals surface area contributed by atoms with Crippen LogP contribution in [0.1, 0.15) is 11.8 Å². The zero-order chi connectivity index (χ0) is 20.6. The van der Waals surface area contributed by atoms with E-state index in [0.717, 1.165) is 10.8 Å². The lowest BCUT2D eigenvalue weighted by atomic mass is 10.1. The summed E-state index contributed by atoms with van der Waals surface area (Å²) in [5.41, 5.74) is -2.09. The Morgan fingerprint density at radius 2 is 1.89 bits per heavy atom. The molecule has 0 radical (unpaired) electrons. The van der Waals surface area contributed by atoms with Gasteiger partial charge in [-0.1, -0.05) is 5.92 Å². The number of H-pyrrole nitrogens is 1. The lowest BCUT2D eigenvalue weighted by Gasteiger charge is -2.18. The summed E-state index contributed by atoms with van der Waals surface area (Å²) in [7, 11) is -9.56.